The van der Waals surface area contributed by atoms with Crippen LogP contribution in [0.25, 0.3) is 0 Å². The van der Waals surface area contributed by atoms with Crippen molar-refractivity contribution in [2.45, 2.75) is 22.9 Å². The van der Waals surface area contributed by atoms with E-state index in [0.717, 1.165) is 16.8 Å². The van der Waals surface area contributed by atoms with E-state index in [1.54, 1.807) is 7.11 Å². The van der Waals surface area contributed by atoms with Crippen molar-refractivity contribution in [2.24, 2.45) is 17.8 Å². The average Bonchev–Trinajstić information content (AvgIpc) is 3.12. The van der Waals surface area contributed by atoms with Gasteiger partial charge in [0.15, 0.2) is 0 Å². The first-order chi connectivity index (χ1) is 8.26. The summed E-state index contributed by atoms with van der Waals surface area (Å²) in [6, 6.07) is 0. The first kappa shape index (κ1) is 15.9. The Labute approximate surface area is 119 Å². The van der Waals surface area contributed by atoms with Crippen molar-refractivity contribution in [1.82, 2.24) is 0 Å². The first-order valence-electron chi connectivity index (χ1n) is 6.23. The molecule has 0 spiro atoms. The van der Waals surface area contributed by atoms with E-state index in [2.05, 4.69) is 12.2 Å². The SMILES string of the molecule is CO[C@@H](C/C=C/[C@H](CO)[CH2][Hg][Cl])[C@@H]1C[C@H]1CO. The molecule has 17 heavy (non-hydrogen) atoms. The molecule has 1 aliphatic rings. The molecule has 4 atom stereocenters. The standard InChI is InChI=1S/C12H21O3.ClH.Hg/c1-9(7-13)4-3-5-12(15-2)11-6-10(11)8-14;;/h3-4,9-14H,1,5-8H2,2H3;1H;/q;;+1/p-1/b4-3+;;/t9-,10+,11-,12+;;/m1../s1. The van der Waals surface area contributed by atoms with Gasteiger partial charge < -0.3 is 0 Å². The van der Waals surface area contributed by atoms with Crippen LogP contribution in [0.5, 0.6) is 0 Å². The van der Waals surface area contributed by atoms with E-state index in [0.29, 0.717) is 11.8 Å². The van der Waals surface area contributed by atoms with Crippen molar-refractivity contribution in [3.05, 3.63) is 12.2 Å². The molecule has 0 aromatic carbocycles. The number of rotatable bonds is 9. The zero-order valence-corrected chi connectivity index (χ0v) is 16.6. The zero-order valence-electron chi connectivity index (χ0n) is 10.4. The number of ether oxygens (including phenoxy) is 1. The zero-order chi connectivity index (χ0) is 12.7. The summed E-state index contributed by atoms with van der Waals surface area (Å²) in [6.07, 6.45) is 6.33. The fraction of sp³-hybridized carbons (Fsp3) is 0.833. The molecular weight excluding hydrogens is 428 g/mol. The van der Waals surface area contributed by atoms with Crippen LogP contribution in [0, 0.1) is 17.8 Å². The molecule has 3 nitrogen and oxygen atoms in total. The minimum absolute atomic E-state index is 0.198. The Bertz CT molecular complexity index is 238. The van der Waals surface area contributed by atoms with Gasteiger partial charge in [-0.1, -0.05) is 0 Å². The quantitative estimate of drug-likeness (QED) is 0.417. The van der Waals surface area contributed by atoms with E-state index < -0.39 is 23.3 Å². The van der Waals surface area contributed by atoms with Crippen molar-refractivity contribution in [2.75, 3.05) is 20.3 Å². The van der Waals surface area contributed by atoms with Crippen LogP contribution in [-0.4, -0.2) is 36.6 Å². The topological polar surface area (TPSA) is 49.7 Å². The van der Waals surface area contributed by atoms with Crippen LogP contribution >= 0.6 is 8.25 Å². The van der Waals surface area contributed by atoms with Crippen LogP contribution in [0.2, 0.25) is 3.93 Å². The fourth-order valence-corrected chi connectivity index (χ4v) is 7.18. The Hall–Kier alpha value is 0.845. The molecule has 2 N–H and O–H groups in total. The molecule has 5 heteroatoms. The van der Waals surface area contributed by atoms with Gasteiger partial charge in [0, 0.05) is 0 Å². The van der Waals surface area contributed by atoms with E-state index >= 15 is 0 Å². The second-order valence-electron chi connectivity index (χ2n) is 4.70. The van der Waals surface area contributed by atoms with Gasteiger partial charge in [-0.2, -0.15) is 0 Å². The van der Waals surface area contributed by atoms with Gasteiger partial charge in [-0.15, -0.1) is 0 Å². The molecule has 0 radical (unpaired) electrons. The van der Waals surface area contributed by atoms with Crippen molar-refractivity contribution >= 4 is 8.25 Å². The monoisotopic (exact) mass is 450 g/mol. The number of methoxy groups -OCH3 is 1. The predicted molar refractivity (Wildman–Crippen MR) is 64.5 cm³/mol. The van der Waals surface area contributed by atoms with Crippen LogP contribution in [0.1, 0.15) is 12.8 Å². The van der Waals surface area contributed by atoms with Crippen molar-refractivity contribution < 1.29 is 38.3 Å². The molecule has 0 aromatic heterocycles. The summed E-state index contributed by atoms with van der Waals surface area (Å²) < 4.78 is 6.47. The van der Waals surface area contributed by atoms with Gasteiger partial charge in [0.05, 0.1) is 0 Å². The number of hydrogen-bond donors (Lipinski definition) is 2. The molecule has 0 saturated heterocycles. The van der Waals surface area contributed by atoms with E-state index in [1.807, 2.05) is 0 Å². The summed E-state index contributed by atoms with van der Waals surface area (Å²) in [5, 5.41) is 18.2. The Morgan fingerprint density at radius 2 is 2.29 bits per heavy atom. The first-order valence-corrected chi connectivity index (χ1v) is 16.9. The normalized spacial score (nSPS) is 26.8. The maximum absolute atomic E-state index is 9.14. The summed E-state index contributed by atoms with van der Waals surface area (Å²) in [5.41, 5.74) is 0. The van der Waals surface area contributed by atoms with E-state index in [4.69, 9.17) is 23.2 Å². The second kappa shape index (κ2) is 8.86. The summed E-state index contributed by atoms with van der Waals surface area (Å²) >= 11 is -1.17. The van der Waals surface area contributed by atoms with Gasteiger partial charge in [-0.05, 0) is 0 Å². The average molecular weight is 449 g/mol. The number of hydrogen-bond acceptors (Lipinski definition) is 3. The molecule has 0 heterocycles. The molecule has 0 unspecified atom stereocenters. The van der Waals surface area contributed by atoms with E-state index in [9.17, 15) is 0 Å². The molecule has 1 rings (SSSR count). The van der Waals surface area contributed by atoms with Crippen molar-refractivity contribution in [1.29, 1.82) is 0 Å². The van der Waals surface area contributed by atoms with Gasteiger partial charge in [-0.3, -0.25) is 0 Å². The molecule has 1 aliphatic carbocycles. The van der Waals surface area contributed by atoms with Crippen LogP contribution in [0.15, 0.2) is 12.2 Å². The Morgan fingerprint density at radius 3 is 2.76 bits per heavy atom. The number of aliphatic hydroxyl groups is 2. The van der Waals surface area contributed by atoms with Gasteiger partial charge in [0.1, 0.15) is 0 Å². The predicted octanol–water partition coefficient (Wildman–Crippen LogP) is 1.84. The molecule has 0 aliphatic heterocycles. The summed E-state index contributed by atoms with van der Waals surface area (Å²) in [6.45, 7) is 0.471. The van der Waals surface area contributed by atoms with Crippen LogP contribution in [-0.2, 0) is 28.1 Å². The third-order valence-electron chi connectivity index (χ3n) is 3.48. The summed E-state index contributed by atoms with van der Waals surface area (Å²) in [5.74, 6) is 1.19. The van der Waals surface area contributed by atoms with Gasteiger partial charge >= 0.3 is 120 Å². The third kappa shape index (κ3) is 5.56. The van der Waals surface area contributed by atoms with Crippen LogP contribution in [0.3, 0.4) is 0 Å². The van der Waals surface area contributed by atoms with Gasteiger partial charge in [-0.25, -0.2) is 0 Å². The molecule has 0 amide bonds. The fourth-order valence-electron chi connectivity index (χ4n) is 2.18. The third-order valence-corrected chi connectivity index (χ3v) is 9.13. The number of halogens is 1. The number of aliphatic hydroxyl groups excluding tert-OH is 2. The molecular formula is C12H21ClHgO3. The maximum atomic E-state index is 9.14. The van der Waals surface area contributed by atoms with Crippen LogP contribution in [0.4, 0.5) is 0 Å². The molecule has 0 aromatic rings. The Kier molecular flexibility index (Phi) is 8.29. The molecule has 1 fully saturated rings. The van der Waals surface area contributed by atoms with E-state index in [1.165, 1.54) is 0 Å². The van der Waals surface area contributed by atoms with Gasteiger partial charge in [0.25, 0.3) is 0 Å². The van der Waals surface area contributed by atoms with Crippen molar-refractivity contribution in [3.8, 4) is 0 Å². The molecule has 0 bridgehead atoms. The summed E-state index contributed by atoms with van der Waals surface area (Å²) in [7, 11) is 7.59. The van der Waals surface area contributed by atoms with Crippen LogP contribution < -0.4 is 0 Å². The second-order valence-corrected chi connectivity index (χ2v) is 11.7. The summed E-state index contributed by atoms with van der Waals surface area (Å²) in [4.78, 5) is 0. The minimum atomic E-state index is -1.17. The Balaban J connectivity index is 2.29. The molecule has 1 saturated carbocycles. The van der Waals surface area contributed by atoms with Gasteiger partial charge in [0.2, 0.25) is 0 Å². The molecule has 96 valence electrons. The Morgan fingerprint density at radius 1 is 1.53 bits per heavy atom. The van der Waals surface area contributed by atoms with Crippen molar-refractivity contribution in [3.63, 3.8) is 0 Å². The van der Waals surface area contributed by atoms with E-state index in [-0.39, 0.29) is 25.2 Å².